The molecule has 1 aromatic heterocycles. The molecule has 22 heavy (non-hydrogen) atoms. The Hall–Kier alpha value is -1.85. The van der Waals surface area contributed by atoms with Crippen molar-refractivity contribution in [2.24, 2.45) is 0 Å². The zero-order valence-corrected chi connectivity index (χ0v) is 14.1. The Bertz CT molecular complexity index is 571. The average molecular weight is 306 g/mol. The molecule has 0 radical (unpaired) electrons. The molecule has 2 heterocycles. The third-order valence-corrected chi connectivity index (χ3v) is 4.05. The van der Waals surface area contributed by atoms with Crippen molar-refractivity contribution in [3.05, 3.63) is 17.5 Å². The van der Waals surface area contributed by atoms with Crippen molar-refractivity contribution >= 4 is 11.8 Å². The summed E-state index contributed by atoms with van der Waals surface area (Å²) in [5, 5.41) is 7.12. The van der Waals surface area contributed by atoms with Gasteiger partial charge in [0.2, 0.25) is 5.91 Å². The maximum absolute atomic E-state index is 12.8. The molecule has 1 N–H and O–H groups in total. The molecule has 0 aromatic carbocycles. The van der Waals surface area contributed by atoms with Crippen LogP contribution < -0.4 is 5.32 Å². The smallest absolute Gasteiger partial charge is 0.275 e. The summed E-state index contributed by atoms with van der Waals surface area (Å²) >= 11 is 0. The molecule has 1 saturated heterocycles. The minimum absolute atomic E-state index is 0.0972. The Kier molecular flexibility index (Phi) is 4.58. The summed E-state index contributed by atoms with van der Waals surface area (Å²) in [5.74, 6) is -0.251. The number of nitrogens with zero attached hydrogens (tertiary/aromatic N) is 3. The van der Waals surface area contributed by atoms with Crippen LogP contribution in [-0.4, -0.2) is 46.1 Å². The number of nitrogens with one attached hydrogen (secondary N) is 1. The topological polar surface area (TPSA) is 67.2 Å². The Balaban J connectivity index is 2.28. The molecule has 1 atom stereocenters. The molecular weight excluding hydrogens is 280 g/mol. The van der Waals surface area contributed by atoms with Crippen LogP contribution in [0.5, 0.6) is 0 Å². The van der Waals surface area contributed by atoms with Crippen molar-refractivity contribution in [2.75, 3.05) is 13.6 Å². The Labute approximate surface area is 131 Å². The number of hydrogen-bond acceptors (Lipinski definition) is 3. The van der Waals surface area contributed by atoms with Crippen LogP contribution in [0, 0.1) is 6.92 Å². The molecular formula is C16H26N4O2. The predicted octanol–water partition coefficient (Wildman–Crippen LogP) is 1.69. The first-order valence-corrected chi connectivity index (χ1v) is 7.85. The fourth-order valence-corrected chi connectivity index (χ4v) is 3.02. The fourth-order valence-electron chi connectivity index (χ4n) is 3.02. The molecule has 2 rings (SSSR count). The van der Waals surface area contributed by atoms with Gasteiger partial charge >= 0.3 is 0 Å². The highest BCUT2D eigenvalue weighted by molar-refractivity contribution is 5.96. The molecule has 1 aliphatic rings. The molecule has 0 saturated carbocycles. The van der Waals surface area contributed by atoms with E-state index in [0.29, 0.717) is 18.7 Å². The molecule has 122 valence electrons. The van der Waals surface area contributed by atoms with Crippen molar-refractivity contribution in [1.29, 1.82) is 0 Å². The number of carbonyl (C=O) groups excluding carboxylic acids is 2. The van der Waals surface area contributed by atoms with Crippen LogP contribution in [0.2, 0.25) is 0 Å². The van der Waals surface area contributed by atoms with Gasteiger partial charge in [-0.25, -0.2) is 0 Å². The minimum atomic E-state index is -0.383. The summed E-state index contributed by atoms with van der Waals surface area (Å²) in [6.07, 6.45) is 2.61. The first-order chi connectivity index (χ1) is 10.3. The molecule has 0 bridgehead atoms. The number of aryl methyl sites for hydroxylation is 1. The van der Waals surface area contributed by atoms with E-state index in [1.54, 1.807) is 11.9 Å². The van der Waals surface area contributed by atoms with E-state index in [1.165, 1.54) is 0 Å². The lowest BCUT2D eigenvalue weighted by molar-refractivity contribution is -0.126. The monoisotopic (exact) mass is 306 g/mol. The van der Waals surface area contributed by atoms with Crippen molar-refractivity contribution in [3.8, 4) is 0 Å². The van der Waals surface area contributed by atoms with Gasteiger partial charge in [0.05, 0.1) is 5.54 Å². The lowest BCUT2D eigenvalue weighted by Crippen LogP contribution is -2.51. The SMILES string of the molecule is CNC(=O)C1CCCCN1C(=O)c1cc(C)n(C(C)(C)C)n1. The highest BCUT2D eigenvalue weighted by atomic mass is 16.2. The third-order valence-electron chi connectivity index (χ3n) is 4.05. The van der Waals surface area contributed by atoms with E-state index in [-0.39, 0.29) is 23.4 Å². The number of amides is 2. The summed E-state index contributed by atoms with van der Waals surface area (Å²) in [4.78, 5) is 26.5. The quantitative estimate of drug-likeness (QED) is 0.904. The molecule has 0 spiro atoms. The van der Waals surface area contributed by atoms with Gasteiger partial charge in [-0.2, -0.15) is 5.10 Å². The molecule has 1 fully saturated rings. The maximum Gasteiger partial charge on any atom is 0.275 e. The standard InChI is InChI=1S/C16H26N4O2/c1-11-10-12(18-20(11)16(2,3)4)15(22)19-9-7-6-8-13(19)14(21)17-5/h10,13H,6-9H2,1-5H3,(H,17,21). The van der Waals surface area contributed by atoms with Crippen LogP contribution in [0.3, 0.4) is 0 Å². The highest BCUT2D eigenvalue weighted by Gasteiger charge is 2.33. The second-order valence-corrected chi connectivity index (χ2v) is 6.88. The molecule has 6 heteroatoms. The fraction of sp³-hybridized carbons (Fsp3) is 0.688. The van der Waals surface area contributed by atoms with Gasteiger partial charge in [0, 0.05) is 19.3 Å². The van der Waals surface area contributed by atoms with Gasteiger partial charge in [-0.1, -0.05) is 0 Å². The summed E-state index contributed by atoms with van der Waals surface area (Å²) in [6, 6.07) is 1.43. The first-order valence-electron chi connectivity index (χ1n) is 7.85. The van der Waals surface area contributed by atoms with Gasteiger partial charge in [0.1, 0.15) is 6.04 Å². The molecule has 0 aliphatic carbocycles. The number of aromatic nitrogens is 2. The van der Waals surface area contributed by atoms with Gasteiger partial charge in [-0.3, -0.25) is 14.3 Å². The van der Waals surface area contributed by atoms with Gasteiger partial charge in [-0.15, -0.1) is 0 Å². The van der Waals surface area contributed by atoms with Crippen LogP contribution in [0.15, 0.2) is 6.07 Å². The number of carbonyl (C=O) groups is 2. The number of piperidine rings is 1. The zero-order valence-electron chi connectivity index (χ0n) is 14.1. The van der Waals surface area contributed by atoms with E-state index in [0.717, 1.165) is 18.5 Å². The number of hydrogen-bond donors (Lipinski definition) is 1. The second-order valence-electron chi connectivity index (χ2n) is 6.88. The summed E-state index contributed by atoms with van der Waals surface area (Å²) in [5.41, 5.74) is 1.19. The van der Waals surface area contributed by atoms with Crippen LogP contribution in [0.1, 0.15) is 56.2 Å². The molecule has 6 nitrogen and oxygen atoms in total. The van der Waals surface area contributed by atoms with Gasteiger partial charge in [0.15, 0.2) is 5.69 Å². The third kappa shape index (κ3) is 3.15. The Morgan fingerprint density at radius 1 is 1.32 bits per heavy atom. The number of likely N-dealkylation sites (tertiary alicyclic amines) is 1. The molecule has 1 unspecified atom stereocenters. The highest BCUT2D eigenvalue weighted by Crippen LogP contribution is 2.22. The van der Waals surface area contributed by atoms with E-state index in [2.05, 4.69) is 31.2 Å². The summed E-state index contributed by atoms with van der Waals surface area (Å²) < 4.78 is 1.86. The second kappa shape index (κ2) is 6.10. The van der Waals surface area contributed by atoms with E-state index in [4.69, 9.17) is 0 Å². The van der Waals surface area contributed by atoms with Gasteiger partial charge in [-0.05, 0) is 53.0 Å². The van der Waals surface area contributed by atoms with E-state index < -0.39 is 0 Å². The van der Waals surface area contributed by atoms with E-state index >= 15 is 0 Å². The van der Waals surface area contributed by atoms with Crippen LogP contribution in [-0.2, 0) is 10.3 Å². The number of rotatable bonds is 2. The number of likely N-dealkylation sites (N-methyl/N-ethyl adjacent to an activating group) is 1. The lowest BCUT2D eigenvalue weighted by atomic mass is 10.0. The normalized spacial score (nSPS) is 19.1. The lowest BCUT2D eigenvalue weighted by Gasteiger charge is -2.33. The van der Waals surface area contributed by atoms with E-state index in [1.807, 2.05) is 17.7 Å². The van der Waals surface area contributed by atoms with Crippen LogP contribution in [0.25, 0.3) is 0 Å². The molecule has 2 amide bonds. The average Bonchev–Trinajstić information content (AvgIpc) is 2.87. The largest absolute Gasteiger partial charge is 0.357 e. The van der Waals surface area contributed by atoms with Crippen LogP contribution in [0.4, 0.5) is 0 Å². The first kappa shape index (κ1) is 16.5. The Morgan fingerprint density at radius 3 is 2.55 bits per heavy atom. The van der Waals surface area contributed by atoms with Crippen molar-refractivity contribution in [2.45, 2.75) is 58.5 Å². The van der Waals surface area contributed by atoms with Crippen molar-refractivity contribution < 1.29 is 9.59 Å². The van der Waals surface area contributed by atoms with Crippen molar-refractivity contribution in [1.82, 2.24) is 20.0 Å². The zero-order chi connectivity index (χ0) is 16.5. The van der Waals surface area contributed by atoms with E-state index in [9.17, 15) is 9.59 Å². The molecule has 1 aromatic rings. The Morgan fingerprint density at radius 2 is 2.00 bits per heavy atom. The van der Waals surface area contributed by atoms with Gasteiger partial charge in [0.25, 0.3) is 5.91 Å². The maximum atomic E-state index is 12.8. The summed E-state index contributed by atoms with van der Waals surface area (Å²) in [6.45, 7) is 8.71. The summed E-state index contributed by atoms with van der Waals surface area (Å²) in [7, 11) is 1.61. The minimum Gasteiger partial charge on any atom is -0.357 e. The van der Waals surface area contributed by atoms with Crippen LogP contribution >= 0.6 is 0 Å². The predicted molar refractivity (Wildman–Crippen MR) is 84.7 cm³/mol. The van der Waals surface area contributed by atoms with Crippen molar-refractivity contribution in [3.63, 3.8) is 0 Å². The molecule has 1 aliphatic heterocycles. The van der Waals surface area contributed by atoms with Gasteiger partial charge < -0.3 is 10.2 Å².